The van der Waals surface area contributed by atoms with E-state index in [0.717, 1.165) is 0 Å². The van der Waals surface area contributed by atoms with Gasteiger partial charge in [0.15, 0.2) is 0 Å². The summed E-state index contributed by atoms with van der Waals surface area (Å²) in [6.07, 6.45) is 3.99. The smallest absolute Gasteiger partial charge is 0.412 e. The van der Waals surface area contributed by atoms with Gasteiger partial charge in [0.2, 0.25) is 0 Å². The Morgan fingerprint density at radius 2 is 2.05 bits per heavy atom. The second-order valence-corrected chi connectivity index (χ2v) is 5.12. The van der Waals surface area contributed by atoms with Gasteiger partial charge in [-0.1, -0.05) is 0 Å². The van der Waals surface area contributed by atoms with Crippen LogP contribution in [0.15, 0.2) is 18.1 Å². The Hall–Kier alpha value is -2.31. The fourth-order valence-electron chi connectivity index (χ4n) is 1.35. The van der Waals surface area contributed by atoms with Gasteiger partial charge in [-0.3, -0.25) is 10.00 Å². The molecule has 0 atom stereocenters. The van der Waals surface area contributed by atoms with E-state index in [0.29, 0.717) is 5.56 Å². The highest BCUT2D eigenvalue weighted by Gasteiger charge is 2.20. The van der Waals surface area contributed by atoms with E-state index in [9.17, 15) is 9.59 Å². The largest absolute Gasteiger partial charge is 0.464 e. The molecule has 0 aliphatic rings. The van der Waals surface area contributed by atoms with Crippen LogP contribution < -0.4 is 5.32 Å². The van der Waals surface area contributed by atoms with Crippen LogP contribution in [0.2, 0.25) is 0 Å². The molecule has 0 radical (unpaired) electrons. The first-order valence-electron chi connectivity index (χ1n) is 6.00. The van der Waals surface area contributed by atoms with Crippen LogP contribution >= 0.6 is 0 Å². The highest BCUT2D eigenvalue weighted by Crippen LogP contribution is 2.09. The third-order valence-electron chi connectivity index (χ3n) is 2.08. The second kappa shape index (κ2) is 6.23. The number of hydrogen-bond acceptors (Lipinski definition) is 5. The molecule has 0 fully saturated rings. The number of methoxy groups -OCH3 is 1. The van der Waals surface area contributed by atoms with Gasteiger partial charge in [-0.2, -0.15) is 5.10 Å². The minimum absolute atomic E-state index is 0.0187. The number of esters is 1. The van der Waals surface area contributed by atoms with Crippen molar-refractivity contribution in [3.63, 3.8) is 0 Å². The molecular weight excluding hydrogens is 262 g/mol. The zero-order valence-corrected chi connectivity index (χ0v) is 12.3. The fraction of sp³-hybridized carbons (Fsp3) is 0.462. The van der Waals surface area contributed by atoms with Crippen LogP contribution in [-0.4, -0.2) is 34.6 Å². The third-order valence-corrected chi connectivity index (χ3v) is 2.08. The Morgan fingerprint density at radius 3 is 2.50 bits per heavy atom. The highest BCUT2D eigenvalue weighted by atomic mass is 16.6. The lowest BCUT2D eigenvalue weighted by Crippen LogP contribution is -2.34. The first kappa shape index (κ1) is 15.7. The number of carbonyl (C=O) groups excluding carboxylic acids is 2. The fourth-order valence-corrected chi connectivity index (χ4v) is 1.35. The maximum Gasteiger partial charge on any atom is 0.412 e. The van der Waals surface area contributed by atoms with Crippen LogP contribution in [0, 0.1) is 0 Å². The van der Waals surface area contributed by atoms with Gasteiger partial charge in [-0.15, -0.1) is 0 Å². The van der Waals surface area contributed by atoms with E-state index in [2.05, 4.69) is 15.2 Å². The highest BCUT2D eigenvalue weighted by molar-refractivity contribution is 5.96. The zero-order valence-electron chi connectivity index (χ0n) is 12.3. The zero-order chi connectivity index (χ0) is 15.3. The number of hydrogen-bond donors (Lipinski definition) is 1. The molecular formula is C13H19N3O4. The van der Waals surface area contributed by atoms with E-state index in [4.69, 9.17) is 4.74 Å². The predicted molar refractivity (Wildman–Crippen MR) is 72.6 cm³/mol. The van der Waals surface area contributed by atoms with Gasteiger partial charge >= 0.3 is 12.1 Å². The van der Waals surface area contributed by atoms with Crippen molar-refractivity contribution in [2.75, 3.05) is 7.11 Å². The lowest BCUT2D eigenvalue weighted by atomic mass is 10.2. The molecule has 20 heavy (non-hydrogen) atoms. The molecule has 110 valence electrons. The van der Waals surface area contributed by atoms with Crippen molar-refractivity contribution in [2.45, 2.75) is 26.4 Å². The minimum Gasteiger partial charge on any atom is -0.464 e. The molecule has 1 aromatic rings. The van der Waals surface area contributed by atoms with Crippen LogP contribution in [0.3, 0.4) is 0 Å². The maximum absolute atomic E-state index is 11.7. The normalized spacial score (nSPS) is 11.9. The number of nitrogens with zero attached hydrogens (tertiary/aromatic N) is 2. The topological polar surface area (TPSA) is 82.5 Å². The lowest BCUT2D eigenvalue weighted by molar-refractivity contribution is -0.136. The molecule has 1 N–H and O–H groups in total. The summed E-state index contributed by atoms with van der Waals surface area (Å²) < 4.78 is 11.3. The van der Waals surface area contributed by atoms with Gasteiger partial charge in [-0.25, -0.2) is 9.59 Å². The van der Waals surface area contributed by atoms with Gasteiger partial charge in [0.05, 0.1) is 13.3 Å². The van der Waals surface area contributed by atoms with Crippen molar-refractivity contribution in [1.82, 2.24) is 15.1 Å². The first-order chi connectivity index (χ1) is 9.21. The third kappa shape index (κ3) is 5.13. The average Bonchev–Trinajstić information content (AvgIpc) is 2.70. The van der Waals surface area contributed by atoms with Crippen molar-refractivity contribution in [1.29, 1.82) is 0 Å². The van der Waals surface area contributed by atoms with Crippen molar-refractivity contribution in [2.24, 2.45) is 7.05 Å². The van der Waals surface area contributed by atoms with Gasteiger partial charge in [0.1, 0.15) is 11.3 Å². The summed E-state index contributed by atoms with van der Waals surface area (Å²) in [5, 5.41) is 6.34. The van der Waals surface area contributed by atoms with E-state index < -0.39 is 17.7 Å². The second-order valence-electron chi connectivity index (χ2n) is 5.12. The van der Waals surface area contributed by atoms with Gasteiger partial charge in [-0.05, 0) is 26.8 Å². The molecule has 0 saturated carbocycles. The van der Waals surface area contributed by atoms with Crippen molar-refractivity contribution in [3.05, 3.63) is 23.7 Å². The van der Waals surface area contributed by atoms with Gasteiger partial charge < -0.3 is 9.47 Å². The molecule has 0 bridgehead atoms. The molecule has 1 aromatic heterocycles. The number of ether oxygens (including phenoxy) is 2. The number of alkyl carbamates (subject to hydrolysis) is 1. The molecule has 7 heteroatoms. The van der Waals surface area contributed by atoms with Crippen molar-refractivity contribution >= 4 is 18.1 Å². The number of rotatable bonds is 3. The Bertz CT molecular complexity index is 526. The Kier molecular flexibility index (Phi) is 4.90. The van der Waals surface area contributed by atoms with E-state index in [1.165, 1.54) is 13.2 Å². The van der Waals surface area contributed by atoms with Crippen LogP contribution in [0.5, 0.6) is 0 Å². The number of carbonyl (C=O) groups is 2. The standard InChI is InChI=1S/C13H19N3O4/c1-13(2,3)20-12(18)15-10(11(17)19-5)6-9-7-14-16(4)8-9/h6-8H,1-5H3,(H,15,18)/b10-6+. The molecule has 0 spiro atoms. The van der Waals surface area contributed by atoms with E-state index >= 15 is 0 Å². The van der Waals surface area contributed by atoms with Crippen LogP contribution in [0.25, 0.3) is 6.08 Å². The lowest BCUT2D eigenvalue weighted by Gasteiger charge is -2.20. The monoisotopic (exact) mass is 281 g/mol. The quantitative estimate of drug-likeness (QED) is 0.670. The first-order valence-corrected chi connectivity index (χ1v) is 6.00. The van der Waals surface area contributed by atoms with Crippen LogP contribution in [-0.2, 0) is 21.3 Å². The summed E-state index contributed by atoms with van der Waals surface area (Å²) in [6.45, 7) is 5.19. The van der Waals surface area contributed by atoms with E-state index in [-0.39, 0.29) is 5.70 Å². The van der Waals surface area contributed by atoms with Gasteiger partial charge in [0, 0.05) is 18.8 Å². The summed E-state index contributed by atoms with van der Waals surface area (Å²) in [4.78, 5) is 23.3. The summed E-state index contributed by atoms with van der Waals surface area (Å²) in [5.41, 5.74) is -0.0155. The minimum atomic E-state index is -0.724. The molecule has 0 aliphatic heterocycles. The predicted octanol–water partition coefficient (Wildman–Crippen LogP) is 1.46. The number of nitrogens with one attached hydrogen (secondary N) is 1. The molecule has 1 heterocycles. The van der Waals surface area contributed by atoms with Crippen LogP contribution in [0.4, 0.5) is 4.79 Å². The Morgan fingerprint density at radius 1 is 1.40 bits per heavy atom. The van der Waals surface area contributed by atoms with Crippen molar-refractivity contribution < 1.29 is 19.1 Å². The summed E-state index contributed by atoms with van der Waals surface area (Å²) >= 11 is 0. The van der Waals surface area contributed by atoms with E-state index in [1.807, 2.05) is 0 Å². The summed E-state index contributed by atoms with van der Waals surface area (Å²) in [5.74, 6) is -0.667. The summed E-state index contributed by atoms with van der Waals surface area (Å²) in [7, 11) is 2.98. The summed E-state index contributed by atoms with van der Waals surface area (Å²) in [6, 6.07) is 0. The Labute approximate surface area is 117 Å². The molecule has 0 saturated heterocycles. The molecule has 0 aliphatic carbocycles. The SMILES string of the molecule is COC(=O)/C(=C\c1cnn(C)c1)NC(=O)OC(C)(C)C. The number of amides is 1. The number of aryl methyl sites for hydroxylation is 1. The Balaban J connectivity index is 2.88. The molecule has 1 rings (SSSR count). The van der Waals surface area contributed by atoms with E-state index in [1.54, 1.807) is 44.9 Å². The molecule has 1 amide bonds. The molecule has 0 aromatic carbocycles. The van der Waals surface area contributed by atoms with Crippen molar-refractivity contribution in [3.8, 4) is 0 Å². The average molecular weight is 281 g/mol. The molecule has 0 unspecified atom stereocenters. The molecule has 7 nitrogen and oxygen atoms in total. The van der Waals surface area contributed by atoms with Crippen LogP contribution in [0.1, 0.15) is 26.3 Å². The number of aromatic nitrogens is 2. The van der Waals surface area contributed by atoms with Gasteiger partial charge in [0.25, 0.3) is 0 Å². The maximum atomic E-state index is 11.7.